The fourth-order valence-electron chi connectivity index (χ4n) is 4.28. The van der Waals surface area contributed by atoms with Crippen LogP contribution >= 0.6 is 0 Å². The van der Waals surface area contributed by atoms with Gasteiger partial charge in [-0.15, -0.1) is 5.10 Å². The zero-order valence-electron chi connectivity index (χ0n) is 22.6. The molecule has 41 heavy (non-hydrogen) atoms. The summed E-state index contributed by atoms with van der Waals surface area (Å²) in [6.45, 7) is 1.36. The van der Waals surface area contributed by atoms with E-state index < -0.39 is 18.5 Å². The number of fused-ring (bicyclic) bond motifs is 1. The molecule has 4 aromatic rings. The van der Waals surface area contributed by atoms with Gasteiger partial charge in [-0.3, -0.25) is 9.89 Å². The number of alkyl halides is 3. The molecule has 1 amide bonds. The molecule has 0 spiro atoms. The Bertz CT molecular complexity index is 1530. The maximum atomic E-state index is 14.3. The smallest absolute Gasteiger partial charge is 0.393 e. The van der Waals surface area contributed by atoms with E-state index in [1.54, 1.807) is 86.9 Å². The van der Waals surface area contributed by atoms with Crippen LogP contribution in [0.1, 0.15) is 23.1 Å². The van der Waals surface area contributed by atoms with E-state index in [0.29, 0.717) is 53.2 Å². The third-order valence-corrected chi connectivity index (χ3v) is 6.26. The molecule has 0 unspecified atom stereocenters. The first-order valence-electron chi connectivity index (χ1n) is 12.9. The number of hydrogen-bond acceptors (Lipinski definition) is 4. The fourth-order valence-corrected chi connectivity index (χ4v) is 4.28. The molecule has 1 heterocycles. The van der Waals surface area contributed by atoms with Gasteiger partial charge in [0, 0.05) is 33.3 Å². The van der Waals surface area contributed by atoms with Crippen LogP contribution in [0.25, 0.3) is 22.0 Å². The van der Waals surface area contributed by atoms with Gasteiger partial charge in [0.25, 0.3) is 0 Å². The summed E-state index contributed by atoms with van der Waals surface area (Å²) in [6, 6.07) is 19.9. The molecule has 6 nitrogen and oxygen atoms in total. The van der Waals surface area contributed by atoms with Gasteiger partial charge >= 0.3 is 6.18 Å². The lowest BCUT2D eigenvalue weighted by Gasteiger charge is -2.19. The van der Waals surface area contributed by atoms with Crippen molar-refractivity contribution < 1.29 is 27.1 Å². The first-order valence-corrected chi connectivity index (χ1v) is 12.9. The van der Waals surface area contributed by atoms with Gasteiger partial charge in [0.05, 0.1) is 17.3 Å². The first-order chi connectivity index (χ1) is 19.6. The lowest BCUT2D eigenvalue weighted by atomic mass is 9.87. The third-order valence-electron chi connectivity index (χ3n) is 6.26. The molecule has 10 heteroatoms. The number of aromatic amines is 1. The maximum absolute atomic E-state index is 14.3. The number of hydrogen-bond donors (Lipinski definition) is 2. The quantitative estimate of drug-likeness (QED) is 0.0978. The Labute approximate surface area is 235 Å². The number of rotatable bonds is 11. The van der Waals surface area contributed by atoms with Crippen LogP contribution in [0.4, 0.5) is 17.6 Å². The highest BCUT2D eigenvalue weighted by molar-refractivity contribution is 6.00. The van der Waals surface area contributed by atoms with Crippen molar-refractivity contribution in [3.63, 3.8) is 0 Å². The van der Waals surface area contributed by atoms with Crippen molar-refractivity contribution in [3.05, 3.63) is 108 Å². The molecule has 1 aromatic heterocycles. The normalized spacial score (nSPS) is 12.5. The number of H-pyrrole nitrogens is 1. The number of likely N-dealkylation sites (N-methyl/N-ethyl adjacent to an activating group) is 1. The Kier molecular flexibility index (Phi) is 9.57. The van der Waals surface area contributed by atoms with E-state index in [2.05, 4.69) is 15.5 Å². The highest BCUT2D eigenvalue weighted by atomic mass is 19.4. The predicted octanol–water partition coefficient (Wildman–Crippen LogP) is 6.23. The topological polar surface area (TPSA) is 70.2 Å². The highest BCUT2D eigenvalue weighted by Crippen LogP contribution is 2.40. The minimum absolute atomic E-state index is 0.0695. The van der Waals surface area contributed by atoms with E-state index in [0.717, 1.165) is 0 Å². The zero-order chi connectivity index (χ0) is 29.4. The number of halogens is 4. The molecule has 2 N–H and O–H groups in total. The summed E-state index contributed by atoms with van der Waals surface area (Å²) < 4.78 is 61.8. The molecule has 0 saturated heterocycles. The second-order valence-electron chi connectivity index (χ2n) is 9.50. The van der Waals surface area contributed by atoms with Crippen molar-refractivity contribution in [1.82, 2.24) is 20.4 Å². The van der Waals surface area contributed by atoms with E-state index in [9.17, 15) is 22.4 Å². The number of aromatic nitrogens is 2. The second-order valence-corrected chi connectivity index (χ2v) is 9.50. The summed E-state index contributed by atoms with van der Waals surface area (Å²) in [5, 5.41) is 9.49. The van der Waals surface area contributed by atoms with E-state index >= 15 is 0 Å². The molecule has 0 saturated carbocycles. The second kappa shape index (κ2) is 13.3. The standard InChI is InChI=1S/C31H30F4N4O2/c1-39(2)28(40)9-6-16-36-17-18-41-24-13-10-22(11-14-24)29(23-12-15-27-25(19-23)30(32)38-37-27)26(20-31(33,34)35)21-7-4-3-5-8-21/h3-15,19,36H,16-18,20H2,1-2H3,(H,37,38)/b9-6+,29-26+. The van der Waals surface area contributed by atoms with Gasteiger partial charge in [0.15, 0.2) is 0 Å². The Hall–Kier alpha value is -4.44. The predicted molar refractivity (Wildman–Crippen MR) is 152 cm³/mol. The van der Waals surface area contributed by atoms with Crippen molar-refractivity contribution in [2.24, 2.45) is 0 Å². The number of nitrogens with one attached hydrogen (secondary N) is 2. The van der Waals surface area contributed by atoms with E-state index in [1.165, 1.54) is 17.0 Å². The van der Waals surface area contributed by atoms with Crippen LogP contribution in [-0.2, 0) is 4.79 Å². The minimum atomic E-state index is -4.48. The van der Waals surface area contributed by atoms with Gasteiger partial charge in [-0.2, -0.15) is 17.6 Å². The molecular formula is C31H30F4N4O2. The Balaban J connectivity index is 1.61. The average molecular weight is 567 g/mol. The average Bonchev–Trinajstić information content (AvgIpc) is 3.32. The van der Waals surface area contributed by atoms with Gasteiger partial charge in [-0.1, -0.05) is 54.6 Å². The summed E-state index contributed by atoms with van der Waals surface area (Å²) in [5.74, 6) is -0.283. The maximum Gasteiger partial charge on any atom is 0.393 e. The molecule has 0 aliphatic rings. The lowest BCUT2D eigenvalue weighted by Crippen LogP contribution is -2.22. The SMILES string of the molecule is CN(C)C(=O)/C=C/CNCCOc1ccc(/C(=C(/CC(F)(F)F)c2ccccc2)c2ccc3[nH]nc(F)c3c2)cc1. The Morgan fingerprint density at radius 1 is 1.00 bits per heavy atom. The number of ether oxygens (including phenoxy) is 1. The summed E-state index contributed by atoms with van der Waals surface area (Å²) >= 11 is 0. The Morgan fingerprint density at radius 3 is 2.39 bits per heavy atom. The number of nitrogens with zero attached hydrogens (tertiary/aromatic N) is 2. The fraction of sp³-hybridized carbons (Fsp3) is 0.226. The number of allylic oxidation sites excluding steroid dienone is 1. The van der Waals surface area contributed by atoms with Crippen LogP contribution in [0.3, 0.4) is 0 Å². The monoisotopic (exact) mass is 566 g/mol. The molecule has 0 aliphatic heterocycles. The largest absolute Gasteiger partial charge is 0.492 e. The van der Waals surface area contributed by atoms with Gasteiger partial charge in [0.1, 0.15) is 12.4 Å². The Morgan fingerprint density at radius 2 is 1.71 bits per heavy atom. The van der Waals surface area contributed by atoms with Gasteiger partial charge in [0.2, 0.25) is 11.9 Å². The van der Waals surface area contributed by atoms with Crippen LogP contribution in [0.15, 0.2) is 84.9 Å². The first kappa shape index (κ1) is 29.5. The van der Waals surface area contributed by atoms with Crippen molar-refractivity contribution in [2.75, 3.05) is 33.8 Å². The number of carbonyl (C=O) groups excluding carboxylic acids is 1. The van der Waals surface area contributed by atoms with Gasteiger partial charge < -0.3 is 15.0 Å². The zero-order valence-corrected chi connectivity index (χ0v) is 22.6. The van der Waals surface area contributed by atoms with Crippen LogP contribution < -0.4 is 10.1 Å². The molecule has 0 fully saturated rings. The van der Waals surface area contributed by atoms with Crippen LogP contribution in [0.2, 0.25) is 0 Å². The molecule has 0 aliphatic carbocycles. The van der Waals surface area contributed by atoms with E-state index in [-0.39, 0.29) is 16.9 Å². The highest BCUT2D eigenvalue weighted by Gasteiger charge is 2.31. The van der Waals surface area contributed by atoms with Gasteiger partial charge in [-0.05, 0) is 52.1 Å². The minimum Gasteiger partial charge on any atom is -0.492 e. The number of benzene rings is 3. The molecule has 4 rings (SSSR count). The van der Waals surface area contributed by atoms with Crippen molar-refractivity contribution in [3.8, 4) is 5.75 Å². The van der Waals surface area contributed by atoms with Crippen molar-refractivity contribution in [1.29, 1.82) is 0 Å². The van der Waals surface area contributed by atoms with Crippen molar-refractivity contribution >= 4 is 28.0 Å². The molecule has 0 bridgehead atoms. The molecule has 0 radical (unpaired) electrons. The number of carbonyl (C=O) groups is 1. The van der Waals surface area contributed by atoms with E-state index in [4.69, 9.17) is 4.74 Å². The van der Waals surface area contributed by atoms with Gasteiger partial charge in [-0.25, -0.2) is 0 Å². The molecule has 214 valence electrons. The summed E-state index contributed by atoms with van der Waals surface area (Å²) in [6.07, 6.45) is -2.44. The van der Waals surface area contributed by atoms with Crippen LogP contribution in [0.5, 0.6) is 5.75 Å². The third kappa shape index (κ3) is 8.04. The molecule has 0 atom stereocenters. The number of amides is 1. The summed E-state index contributed by atoms with van der Waals surface area (Å²) in [4.78, 5) is 13.0. The van der Waals surface area contributed by atoms with E-state index in [1.807, 2.05) is 0 Å². The van der Waals surface area contributed by atoms with Crippen molar-refractivity contribution in [2.45, 2.75) is 12.6 Å². The summed E-state index contributed by atoms with van der Waals surface area (Å²) in [7, 11) is 3.35. The molecule has 3 aromatic carbocycles. The molecular weight excluding hydrogens is 536 g/mol. The van der Waals surface area contributed by atoms with Crippen LogP contribution in [0, 0.1) is 5.95 Å². The van der Waals surface area contributed by atoms with Crippen LogP contribution in [-0.4, -0.2) is 61.0 Å². The lowest BCUT2D eigenvalue weighted by molar-refractivity contribution is -0.124. The summed E-state index contributed by atoms with van der Waals surface area (Å²) in [5.41, 5.74) is 2.22.